The molecule has 0 fully saturated rings. The second kappa shape index (κ2) is 9.76. The second-order valence-electron chi connectivity index (χ2n) is 6.64. The molecule has 0 aliphatic carbocycles. The Balaban J connectivity index is 1.65. The van der Waals surface area contributed by atoms with Crippen molar-refractivity contribution in [2.75, 3.05) is 5.32 Å². The molecule has 1 aromatic heterocycles. The highest BCUT2D eigenvalue weighted by Crippen LogP contribution is 2.26. The molecule has 0 bridgehead atoms. The van der Waals surface area contributed by atoms with Crippen LogP contribution in [0.25, 0.3) is 0 Å². The Hall–Kier alpha value is -3.58. The lowest BCUT2D eigenvalue weighted by molar-refractivity contribution is -0.139. The molecular weight excluding hydrogens is 404 g/mol. The molecule has 0 saturated carbocycles. The average molecular weight is 425 g/mol. The van der Waals surface area contributed by atoms with Gasteiger partial charge in [-0.15, -0.1) is 0 Å². The number of hydrogen-bond acceptors (Lipinski definition) is 5. The molecule has 2 aromatic carbocycles. The zero-order valence-electron chi connectivity index (χ0n) is 16.5. The first-order valence-electron chi connectivity index (χ1n) is 9.20. The quantitative estimate of drug-likeness (QED) is 0.316. The highest BCUT2D eigenvalue weighted by atomic mass is 35.5. The van der Waals surface area contributed by atoms with Gasteiger partial charge < -0.3 is 15.1 Å². The summed E-state index contributed by atoms with van der Waals surface area (Å²) in [5, 5.41) is 10.2. The number of carbonyl (C=O) groups excluding carboxylic acids is 2. The lowest BCUT2D eigenvalue weighted by Gasteiger charge is -2.13. The molecule has 8 heteroatoms. The van der Waals surface area contributed by atoms with E-state index < -0.39 is 11.8 Å². The van der Waals surface area contributed by atoms with E-state index in [-0.39, 0.29) is 6.54 Å². The van der Waals surface area contributed by atoms with Crippen LogP contribution in [0.4, 0.5) is 11.4 Å². The minimum absolute atomic E-state index is 0.112. The Labute approximate surface area is 179 Å². The summed E-state index contributed by atoms with van der Waals surface area (Å²) in [6.07, 6.45) is 2.91. The van der Waals surface area contributed by atoms with E-state index in [1.54, 1.807) is 24.3 Å². The summed E-state index contributed by atoms with van der Waals surface area (Å²) in [6, 6.07) is 14.8. The number of nitrogens with one attached hydrogen (secondary N) is 3. The van der Waals surface area contributed by atoms with Crippen LogP contribution in [0.2, 0.25) is 5.02 Å². The summed E-state index contributed by atoms with van der Waals surface area (Å²) in [6.45, 7) is 4.13. The van der Waals surface area contributed by atoms with Crippen LogP contribution in [0.5, 0.6) is 0 Å². The van der Waals surface area contributed by atoms with Crippen molar-refractivity contribution in [1.29, 1.82) is 0 Å². The highest BCUT2D eigenvalue weighted by Gasteiger charge is 2.12. The lowest BCUT2D eigenvalue weighted by atomic mass is 10.1. The minimum Gasteiger partial charge on any atom is -0.467 e. The van der Waals surface area contributed by atoms with E-state index in [9.17, 15) is 9.59 Å². The number of anilines is 2. The molecule has 0 radical (unpaired) electrons. The summed E-state index contributed by atoms with van der Waals surface area (Å²) in [5.74, 6) is -1.16. The highest BCUT2D eigenvalue weighted by molar-refractivity contribution is 6.35. The summed E-state index contributed by atoms with van der Waals surface area (Å²) >= 11 is 6.11. The third-order valence-corrected chi connectivity index (χ3v) is 4.49. The van der Waals surface area contributed by atoms with Gasteiger partial charge in [-0.2, -0.15) is 5.10 Å². The number of benzene rings is 2. The molecule has 2 amide bonds. The number of nitrogens with zero attached hydrogens (tertiary/aromatic N) is 1. The maximum absolute atomic E-state index is 11.9. The summed E-state index contributed by atoms with van der Waals surface area (Å²) in [4.78, 5) is 23.7. The molecule has 0 aliphatic heterocycles. The van der Waals surface area contributed by atoms with Crippen LogP contribution in [0.15, 0.2) is 64.3 Å². The Morgan fingerprint density at radius 1 is 1.07 bits per heavy atom. The largest absolute Gasteiger partial charge is 0.467 e. The number of hydrazone groups is 1. The van der Waals surface area contributed by atoms with Crippen LogP contribution in [0.3, 0.4) is 0 Å². The summed E-state index contributed by atoms with van der Waals surface area (Å²) in [5.41, 5.74) is 6.78. The Kier molecular flexibility index (Phi) is 6.87. The Morgan fingerprint density at radius 2 is 1.90 bits per heavy atom. The van der Waals surface area contributed by atoms with E-state index >= 15 is 0 Å². The molecular formula is C22H21ClN4O3. The molecule has 7 nitrogen and oxygen atoms in total. The summed E-state index contributed by atoms with van der Waals surface area (Å²) in [7, 11) is 0. The van der Waals surface area contributed by atoms with Gasteiger partial charge in [0, 0.05) is 22.0 Å². The van der Waals surface area contributed by atoms with E-state index in [1.807, 2.05) is 38.1 Å². The van der Waals surface area contributed by atoms with Crippen molar-refractivity contribution in [2.24, 2.45) is 5.10 Å². The van der Waals surface area contributed by atoms with Gasteiger partial charge >= 0.3 is 11.8 Å². The predicted molar refractivity (Wildman–Crippen MR) is 117 cm³/mol. The fourth-order valence-corrected chi connectivity index (χ4v) is 2.82. The van der Waals surface area contributed by atoms with Gasteiger partial charge in [0.25, 0.3) is 0 Å². The van der Waals surface area contributed by atoms with Crippen LogP contribution >= 0.6 is 11.6 Å². The fraction of sp³-hybridized carbons (Fsp3) is 0.136. The van der Waals surface area contributed by atoms with Gasteiger partial charge in [0.05, 0.1) is 19.0 Å². The van der Waals surface area contributed by atoms with Gasteiger partial charge in [-0.25, -0.2) is 5.43 Å². The van der Waals surface area contributed by atoms with Crippen molar-refractivity contribution < 1.29 is 14.0 Å². The SMILES string of the molecule is Cc1ccc(C)c(Nc2ccc(Cl)cc2/C=N\NC(=O)C(=O)NCc2ccco2)c1. The first kappa shape index (κ1) is 21.1. The third-order valence-electron chi connectivity index (χ3n) is 4.26. The Bertz CT molecular complexity index is 1080. The van der Waals surface area contributed by atoms with Crippen molar-refractivity contribution in [1.82, 2.24) is 10.7 Å². The van der Waals surface area contributed by atoms with Gasteiger partial charge in [0.1, 0.15) is 5.76 Å². The van der Waals surface area contributed by atoms with Crippen LogP contribution in [0, 0.1) is 13.8 Å². The molecule has 0 spiro atoms. The topological polar surface area (TPSA) is 95.7 Å². The maximum atomic E-state index is 11.9. The van der Waals surface area contributed by atoms with E-state index in [1.165, 1.54) is 12.5 Å². The molecule has 30 heavy (non-hydrogen) atoms. The van der Waals surface area contributed by atoms with E-state index in [0.29, 0.717) is 16.3 Å². The standard InChI is InChI=1S/C22H21ClN4O3/c1-14-5-6-15(2)20(10-14)26-19-8-7-17(23)11-16(19)12-25-27-22(29)21(28)24-13-18-4-3-9-30-18/h3-12,26H,13H2,1-2H3,(H,24,28)(H,27,29)/b25-12-. The lowest BCUT2D eigenvalue weighted by Crippen LogP contribution is -2.37. The van der Waals surface area contributed by atoms with E-state index in [4.69, 9.17) is 16.0 Å². The van der Waals surface area contributed by atoms with Gasteiger partial charge in [0.15, 0.2) is 0 Å². The number of furan rings is 1. The number of carbonyl (C=O) groups is 2. The number of amides is 2. The van der Waals surface area contributed by atoms with Gasteiger partial charge in [-0.3, -0.25) is 9.59 Å². The van der Waals surface area contributed by atoms with Crippen LogP contribution in [0.1, 0.15) is 22.5 Å². The van der Waals surface area contributed by atoms with E-state index in [2.05, 4.69) is 21.2 Å². The molecule has 154 valence electrons. The van der Waals surface area contributed by atoms with Crippen molar-refractivity contribution in [3.05, 3.63) is 82.3 Å². The van der Waals surface area contributed by atoms with E-state index in [0.717, 1.165) is 22.5 Å². The zero-order valence-corrected chi connectivity index (χ0v) is 17.3. The molecule has 1 heterocycles. The number of rotatable bonds is 6. The smallest absolute Gasteiger partial charge is 0.329 e. The van der Waals surface area contributed by atoms with Crippen molar-refractivity contribution in [3.63, 3.8) is 0 Å². The molecule has 3 N–H and O–H groups in total. The van der Waals surface area contributed by atoms with Crippen molar-refractivity contribution >= 4 is 41.0 Å². The molecule has 0 unspecified atom stereocenters. The normalized spacial score (nSPS) is 10.8. The fourth-order valence-electron chi connectivity index (χ4n) is 2.64. The monoisotopic (exact) mass is 424 g/mol. The molecule has 3 rings (SSSR count). The Morgan fingerprint density at radius 3 is 2.67 bits per heavy atom. The van der Waals surface area contributed by atoms with Crippen LogP contribution in [-0.4, -0.2) is 18.0 Å². The molecule has 0 atom stereocenters. The molecule has 0 saturated heterocycles. The summed E-state index contributed by atoms with van der Waals surface area (Å²) < 4.78 is 5.10. The first-order valence-corrected chi connectivity index (χ1v) is 9.57. The van der Waals surface area contributed by atoms with Crippen LogP contribution in [-0.2, 0) is 16.1 Å². The van der Waals surface area contributed by atoms with Gasteiger partial charge in [-0.05, 0) is 61.4 Å². The molecule has 0 aliphatic rings. The predicted octanol–water partition coefficient (Wildman–Crippen LogP) is 4.06. The minimum atomic E-state index is -0.885. The first-order chi connectivity index (χ1) is 14.4. The second-order valence-corrected chi connectivity index (χ2v) is 7.07. The molecule has 3 aromatic rings. The number of aryl methyl sites for hydroxylation is 2. The maximum Gasteiger partial charge on any atom is 0.329 e. The van der Waals surface area contributed by atoms with Crippen molar-refractivity contribution in [3.8, 4) is 0 Å². The number of halogens is 1. The van der Waals surface area contributed by atoms with Crippen molar-refractivity contribution in [2.45, 2.75) is 20.4 Å². The van der Waals surface area contributed by atoms with Gasteiger partial charge in [-0.1, -0.05) is 23.7 Å². The third kappa shape index (κ3) is 5.71. The van der Waals surface area contributed by atoms with Crippen LogP contribution < -0.4 is 16.1 Å². The van der Waals surface area contributed by atoms with Gasteiger partial charge in [0.2, 0.25) is 0 Å². The zero-order chi connectivity index (χ0) is 21.5. The average Bonchev–Trinajstić information content (AvgIpc) is 3.24. The number of hydrogen-bond donors (Lipinski definition) is 3.